The van der Waals surface area contributed by atoms with Crippen molar-refractivity contribution in [1.29, 1.82) is 0 Å². The first-order valence-electron chi connectivity index (χ1n) is 6.46. The number of hydrogen-bond acceptors (Lipinski definition) is 4. The molecule has 0 aliphatic carbocycles. The van der Waals surface area contributed by atoms with Crippen LogP contribution in [0.2, 0.25) is 0 Å². The summed E-state index contributed by atoms with van der Waals surface area (Å²) in [5.74, 6) is -0.511. The van der Waals surface area contributed by atoms with E-state index in [1.165, 1.54) is 13.2 Å². The van der Waals surface area contributed by atoms with Crippen LogP contribution in [0.4, 0.5) is 5.69 Å². The molecule has 21 heavy (non-hydrogen) atoms. The number of carbonyl (C=O) groups excluding carboxylic acids is 2. The number of carbonyl (C=O) groups is 2. The molecule has 0 saturated heterocycles. The third kappa shape index (κ3) is 4.19. The quantitative estimate of drug-likeness (QED) is 0.778. The van der Waals surface area contributed by atoms with E-state index in [4.69, 9.17) is 9.52 Å². The minimum atomic E-state index is -1.03. The van der Waals surface area contributed by atoms with Crippen molar-refractivity contribution < 1.29 is 19.1 Å². The Kier molecular flexibility index (Phi) is 4.73. The summed E-state index contributed by atoms with van der Waals surface area (Å²) in [6.07, 6.45) is 0.403. The van der Waals surface area contributed by atoms with E-state index in [0.29, 0.717) is 12.2 Å². The Morgan fingerprint density at radius 3 is 2.52 bits per heavy atom. The van der Waals surface area contributed by atoms with Gasteiger partial charge in [0, 0.05) is 12.2 Å². The van der Waals surface area contributed by atoms with Crippen LogP contribution in [0.5, 0.6) is 0 Å². The first-order valence-corrected chi connectivity index (χ1v) is 6.46. The van der Waals surface area contributed by atoms with Crippen molar-refractivity contribution in [2.45, 2.75) is 19.6 Å². The molecule has 0 aliphatic heterocycles. The number of rotatable bonds is 5. The number of nitrogens with one attached hydrogen (secondary N) is 2. The minimum absolute atomic E-state index is 0.239. The van der Waals surface area contributed by atoms with E-state index in [1.54, 1.807) is 36.4 Å². The van der Waals surface area contributed by atoms with Crippen molar-refractivity contribution in [2.24, 2.45) is 0 Å². The Morgan fingerprint density at radius 2 is 1.95 bits per heavy atom. The Hall–Kier alpha value is -2.60. The molecule has 0 saturated carbocycles. The molecular weight excluding hydrogens is 272 g/mol. The summed E-state index contributed by atoms with van der Waals surface area (Å²) in [4.78, 5) is 23.0. The highest BCUT2D eigenvalue weighted by Gasteiger charge is 2.09. The maximum atomic E-state index is 11.8. The van der Waals surface area contributed by atoms with Gasteiger partial charge in [-0.2, -0.15) is 0 Å². The Bertz CT molecular complexity index is 603. The van der Waals surface area contributed by atoms with Gasteiger partial charge in [0.15, 0.2) is 5.76 Å². The second-order valence-corrected chi connectivity index (χ2v) is 4.52. The maximum absolute atomic E-state index is 11.8. The van der Waals surface area contributed by atoms with Gasteiger partial charge in [0.05, 0.1) is 6.26 Å². The van der Waals surface area contributed by atoms with E-state index >= 15 is 0 Å². The van der Waals surface area contributed by atoms with Crippen LogP contribution < -0.4 is 10.6 Å². The van der Waals surface area contributed by atoms with Crippen LogP contribution in [0.3, 0.4) is 0 Å². The Morgan fingerprint density at radius 1 is 1.24 bits per heavy atom. The molecule has 1 atom stereocenters. The van der Waals surface area contributed by atoms with E-state index in [2.05, 4.69) is 10.6 Å². The lowest BCUT2D eigenvalue weighted by Crippen LogP contribution is -2.31. The number of aliphatic hydroxyl groups excluding tert-OH is 1. The van der Waals surface area contributed by atoms with Crippen molar-refractivity contribution >= 4 is 17.5 Å². The molecule has 0 aliphatic rings. The molecule has 3 N–H and O–H groups in total. The summed E-state index contributed by atoms with van der Waals surface area (Å²) in [5, 5.41) is 14.3. The van der Waals surface area contributed by atoms with Gasteiger partial charge in [-0.15, -0.1) is 0 Å². The fourth-order valence-electron chi connectivity index (χ4n) is 1.64. The van der Waals surface area contributed by atoms with Gasteiger partial charge in [0.1, 0.15) is 6.10 Å². The number of anilines is 1. The van der Waals surface area contributed by atoms with Crippen molar-refractivity contribution in [2.75, 3.05) is 5.32 Å². The summed E-state index contributed by atoms with van der Waals surface area (Å²) < 4.78 is 5.00. The summed E-state index contributed by atoms with van der Waals surface area (Å²) in [6.45, 7) is 1.72. The molecule has 1 heterocycles. The van der Waals surface area contributed by atoms with Crippen LogP contribution in [0.25, 0.3) is 0 Å². The first kappa shape index (κ1) is 14.8. The highest BCUT2D eigenvalue weighted by atomic mass is 16.3. The molecule has 2 amide bonds. The largest absolute Gasteiger partial charge is 0.459 e. The Balaban J connectivity index is 1.90. The highest BCUT2D eigenvalue weighted by Crippen LogP contribution is 2.11. The van der Waals surface area contributed by atoms with Crippen molar-refractivity contribution in [1.82, 2.24) is 5.32 Å². The Labute approximate surface area is 121 Å². The molecule has 6 heteroatoms. The van der Waals surface area contributed by atoms with Crippen LogP contribution >= 0.6 is 0 Å². The fraction of sp³-hybridized carbons (Fsp3) is 0.200. The number of hydrogen-bond donors (Lipinski definition) is 3. The predicted molar refractivity (Wildman–Crippen MR) is 76.6 cm³/mol. The normalized spacial score (nSPS) is 11.7. The maximum Gasteiger partial charge on any atom is 0.291 e. The highest BCUT2D eigenvalue weighted by molar-refractivity contribution is 6.02. The number of benzene rings is 1. The molecule has 1 aromatic carbocycles. The van der Waals surface area contributed by atoms with Crippen molar-refractivity contribution in [3.8, 4) is 0 Å². The van der Waals surface area contributed by atoms with Crippen molar-refractivity contribution in [3.63, 3.8) is 0 Å². The molecule has 0 bridgehead atoms. The van der Waals surface area contributed by atoms with Gasteiger partial charge < -0.3 is 20.2 Å². The smallest absolute Gasteiger partial charge is 0.291 e. The van der Waals surface area contributed by atoms with E-state index in [0.717, 1.165) is 5.56 Å². The van der Waals surface area contributed by atoms with Crippen LogP contribution in [0.1, 0.15) is 23.0 Å². The van der Waals surface area contributed by atoms with Gasteiger partial charge >= 0.3 is 0 Å². The van der Waals surface area contributed by atoms with Gasteiger partial charge in [-0.3, -0.25) is 9.59 Å². The lowest BCUT2D eigenvalue weighted by molar-refractivity contribution is -0.128. The third-order valence-electron chi connectivity index (χ3n) is 2.80. The monoisotopic (exact) mass is 288 g/mol. The minimum Gasteiger partial charge on any atom is -0.459 e. The third-order valence-corrected chi connectivity index (χ3v) is 2.80. The molecule has 110 valence electrons. The van der Waals surface area contributed by atoms with E-state index in [-0.39, 0.29) is 11.7 Å². The molecule has 0 fully saturated rings. The summed E-state index contributed by atoms with van der Waals surface area (Å²) in [5.41, 5.74) is 1.49. The molecule has 0 radical (unpaired) electrons. The zero-order valence-corrected chi connectivity index (χ0v) is 11.5. The zero-order valence-electron chi connectivity index (χ0n) is 11.5. The number of amides is 2. The molecule has 6 nitrogen and oxygen atoms in total. The topological polar surface area (TPSA) is 91.6 Å². The molecule has 0 spiro atoms. The van der Waals surface area contributed by atoms with Gasteiger partial charge in [-0.25, -0.2) is 0 Å². The summed E-state index contributed by atoms with van der Waals surface area (Å²) in [7, 11) is 0. The SMILES string of the molecule is CC(O)C(=O)NCc1ccc(NC(=O)c2ccco2)cc1. The fourth-order valence-corrected chi connectivity index (χ4v) is 1.64. The molecular formula is C15H16N2O4. The predicted octanol–water partition coefficient (Wildman–Crippen LogP) is 1.53. The van der Waals surface area contributed by atoms with Gasteiger partial charge in [-0.1, -0.05) is 12.1 Å². The van der Waals surface area contributed by atoms with Crippen LogP contribution in [-0.4, -0.2) is 23.0 Å². The van der Waals surface area contributed by atoms with Gasteiger partial charge in [0.25, 0.3) is 5.91 Å². The lowest BCUT2D eigenvalue weighted by atomic mass is 10.2. The van der Waals surface area contributed by atoms with Crippen molar-refractivity contribution in [3.05, 3.63) is 54.0 Å². The number of aliphatic hydroxyl groups is 1. The van der Waals surface area contributed by atoms with Crippen LogP contribution in [0.15, 0.2) is 47.1 Å². The second kappa shape index (κ2) is 6.71. The molecule has 1 aromatic heterocycles. The first-order chi connectivity index (χ1) is 10.1. The lowest BCUT2D eigenvalue weighted by Gasteiger charge is -2.08. The molecule has 2 aromatic rings. The zero-order chi connectivity index (χ0) is 15.2. The van der Waals surface area contributed by atoms with Crippen LogP contribution in [-0.2, 0) is 11.3 Å². The molecule has 2 rings (SSSR count). The summed E-state index contributed by atoms with van der Waals surface area (Å²) in [6, 6.07) is 10.2. The second-order valence-electron chi connectivity index (χ2n) is 4.52. The standard InChI is InChI=1S/C15H16N2O4/c1-10(18)14(19)16-9-11-4-6-12(7-5-11)17-15(20)13-3-2-8-21-13/h2-8,10,18H,9H2,1H3,(H,16,19)(H,17,20). The number of furan rings is 1. The van der Waals surface area contributed by atoms with Crippen LogP contribution in [0, 0.1) is 0 Å². The van der Waals surface area contributed by atoms with Gasteiger partial charge in [0.2, 0.25) is 5.91 Å². The van der Waals surface area contributed by atoms with Gasteiger partial charge in [-0.05, 0) is 36.8 Å². The van der Waals surface area contributed by atoms with E-state index < -0.39 is 12.0 Å². The average molecular weight is 288 g/mol. The average Bonchev–Trinajstić information content (AvgIpc) is 3.00. The summed E-state index contributed by atoms with van der Waals surface area (Å²) >= 11 is 0. The molecule has 1 unspecified atom stereocenters. The van der Waals surface area contributed by atoms with E-state index in [1.807, 2.05) is 0 Å². The van der Waals surface area contributed by atoms with E-state index in [9.17, 15) is 9.59 Å².